The Bertz CT molecular complexity index is 1260. The highest BCUT2D eigenvalue weighted by Gasteiger charge is 2.20. The maximum Gasteiger partial charge on any atom is 0.352 e. The third kappa shape index (κ3) is 5.23. The molecule has 0 fully saturated rings. The average molecular weight is 443 g/mol. The number of rotatable bonds is 8. The molecule has 0 bridgehead atoms. The van der Waals surface area contributed by atoms with Crippen molar-refractivity contribution >= 4 is 28.5 Å². The Morgan fingerprint density at radius 1 is 0.909 bits per heavy atom. The summed E-state index contributed by atoms with van der Waals surface area (Å²) < 4.78 is 5.98. The van der Waals surface area contributed by atoms with Crippen LogP contribution in [0, 0.1) is 0 Å². The van der Waals surface area contributed by atoms with Gasteiger partial charge in [-0.2, -0.15) is 0 Å². The van der Waals surface area contributed by atoms with Gasteiger partial charge in [-0.15, -0.1) is 0 Å². The number of unbranched alkanes of at least 4 members (excludes halogenated alkanes) is 1. The van der Waals surface area contributed by atoms with Crippen LogP contribution in [0.2, 0.25) is 0 Å². The number of para-hydroxylation sites is 1. The lowest BCUT2D eigenvalue weighted by molar-refractivity contribution is -0.210. The molecule has 0 aliphatic carbocycles. The minimum Gasteiger partial charge on any atom is -0.460 e. The zero-order valence-electron chi connectivity index (χ0n) is 18.6. The molecule has 3 aromatic carbocycles. The van der Waals surface area contributed by atoms with Crippen LogP contribution in [0.3, 0.4) is 0 Å². The summed E-state index contributed by atoms with van der Waals surface area (Å²) in [6.45, 7) is 3.39. The maximum absolute atomic E-state index is 13.2. The molecule has 4 rings (SSSR count). The molecule has 1 aromatic heterocycles. The molecule has 168 valence electrons. The minimum atomic E-state index is -0.516. The topological polar surface area (TPSA) is 77.8 Å². The molecule has 0 saturated carbocycles. The van der Waals surface area contributed by atoms with E-state index in [0.29, 0.717) is 17.0 Å². The quantitative estimate of drug-likeness (QED) is 0.247. The van der Waals surface area contributed by atoms with Crippen LogP contribution < -0.4 is 10.2 Å². The van der Waals surface area contributed by atoms with Crippen LogP contribution in [0.15, 0.2) is 77.2 Å². The summed E-state index contributed by atoms with van der Waals surface area (Å²) in [5.41, 5.74) is 3.97. The lowest BCUT2D eigenvalue weighted by Crippen LogP contribution is -2.13. The van der Waals surface area contributed by atoms with E-state index >= 15 is 0 Å². The number of carbonyl (C=O) groups excluding carboxylic acids is 2. The smallest absolute Gasteiger partial charge is 0.352 e. The number of carbonyl (C=O) groups is 2. The summed E-state index contributed by atoms with van der Waals surface area (Å²) in [5.74, 6) is 0.468. The molecule has 1 amide bonds. The van der Waals surface area contributed by atoms with Crippen molar-refractivity contribution in [3.05, 3.63) is 84.1 Å². The SMILES string of the molecule is CCCCc1oc2ccccc2c1C(=O)Nc1ccc(-c2ccc(OOC(C)=O)cc2)cc1. The van der Waals surface area contributed by atoms with Gasteiger partial charge in [0, 0.05) is 24.4 Å². The van der Waals surface area contributed by atoms with Crippen LogP contribution in [-0.4, -0.2) is 11.9 Å². The lowest BCUT2D eigenvalue weighted by Gasteiger charge is -2.08. The molecule has 6 heteroatoms. The largest absolute Gasteiger partial charge is 0.460 e. The Hall–Kier alpha value is -4.06. The summed E-state index contributed by atoms with van der Waals surface area (Å²) in [5, 5.41) is 3.83. The van der Waals surface area contributed by atoms with Crippen molar-refractivity contribution < 1.29 is 23.8 Å². The molecular formula is C27H25NO5. The van der Waals surface area contributed by atoms with Gasteiger partial charge in [0.05, 0.1) is 5.56 Å². The average Bonchev–Trinajstić information content (AvgIpc) is 3.20. The Labute approximate surface area is 192 Å². The van der Waals surface area contributed by atoms with Crippen molar-refractivity contribution in [1.29, 1.82) is 0 Å². The van der Waals surface area contributed by atoms with Gasteiger partial charge in [-0.1, -0.05) is 55.8 Å². The first kappa shape index (κ1) is 22.1. The highest BCUT2D eigenvalue weighted by atomic mass is 17.2. The van der Waals surface area contributed by atoms with E-state index in [1.165, 1.54) is 6.92 Å². The molecule has 4 aromatic rings. The number of hydrogen-bond donors (Lipinski definition) is 1. The van der Waals surface area contributed by atoms with Crippen LogP contribution in [-0.2, 0) is 16.1 Å². The van der Waals surface area contributed by atoms with E-state index in [1.54, 1.807) is 12.1 Å². The summed E-state index contributed by atoms with van der Waals surface area (Å²) in [6, 6.07) is 22.4. The van der Waals surface area contributed by atoms with E-state index in [0.717, 1.165) is 47.1 Å². The van der Waals surface area contributed by atoms with E-state index in [2.05, 4.69) is 17.1 Å². The second-order valence-corrected chi connectivity index (χ2v) is 7.71. The van der Waals surface area contributed by atoms with Crippen LogP contribution in [0.5, 0.6) is 5.75 Å². The summed E-state index contributed by atoms with van der Waals surface area (Å²) in [7, 11) is 0. The predicted octanol–water partition coefficient (Wildman–Crippen LogP) is 6.55. The van der Waals surface area contributed by atoms with Crippen molar-refractivity contribution in [2.45, 2.75) is 33.1 Å². The normalized spacial score (nSPS) is 10.7. The minimum absolute atomic E-state index is 0.175. The molecule has 0 spiro atoms. The van der Waals surface area contributed by atoms with Crippen molar-refractivity contribution in [2.75, 3.05) is 5.32 Å². The third-order valence-electron chi connectivity index (χ3n) is 5.24. The standard InChI is InChI=1S/C27H25NO5/c1-3-4-8-25-26(23-7-5-6-9-24(23)31-25)27(30)28-21-14-10-19(11-15-21)20-12-16-22(17-13-20)33-32-18(2)29/h5-7,9-17H,3-4,8H2,1-2H3,(H,28,30). The zero-order chi connectivity index (χ0) is 23.2. The highest BCUT2D eigenvalue weighted by Crippen LogP contribution is 2.29. The third-order valence-corrected chi connectivity index (χ3v) is 5.24. The fraction of sp³-hybridized carbons (Fsp3) is 0.185. The van der Waals surface area contributed by atoms with Gasteiger partial charge in [-0.05, 0) is 47.9 Å². The van der Waals surface area contributed by atoms with Crippen LogP contribution >= 0.6 is 0 Å². The fourth-order valence-electron chi connectivity index (χ4n) is 3.61. The first-order valence-corrected chi connectivity index (χ1v) is 10.9. The zero-order valence-corrected chi connectivity index (χ0v) is 18.6. The summed E-state index contributed by atoms with van der Waals surface area (Å²) in [6.07, 6.45) is 2.71. The Morgan fingerprint density at radius 3 is 2.24 bits per heavy atom. The van der Waals surface area contributed by atoms with Crippen LogP contribution in [0.4, 0.5) is 5.69 Å². The van der Waals surface area contributed by atoms with Crippen molar-refractivity contribution in [3.8, 4) is 16.9 Å². The van der Waals surface area contributed by atoms with E-state index in [1.807, 2.05) is 60.7 Å². The fourth-order valence-corrected chi connectivity index (χ4v) is 3.61. The molecular weight excluding hydrogens is 418 g/mol. The highest BCUT2D eigenvalue weighted by molar-refractivity contribution is 6.13. The molecule has 0 unspecified atom stereocenters. The molecule has 0 aliphatic heterocycles. The molecule has 0 radical (unpaired) electrons. The van der Waals surface area contributed by atoms with Crippen LogP contribution in [0.25, 0.3) is 22.1 Å². The van der Waals surface area contributed by atoms with Gasteiger partial charge >= 0.3 is 5.97 Å². The Morgan fingerprint density at radius 2 is 1.58 bits per heavy atom. The molecule has 0 atom stereocenters. The lowest BCUT2D eigenvalue weighted by atomic mass is 10.0. The van der Waals surface area contributed by atoms with E-state index in [9.17, 15) is 9.59 Å². The second kappa shape index (κ2) is 10.0. The molecule has 0 aliphatic rings. The van der Waals surface area contributed by atoms with Crippen LogP contribution in [0.1, 0.15) is 42.8 Å². The van der Waals surface area contributed by atoms with Crippen molar-refractivity contribution in [1.82, 2.24) is 0 Å². The first-order valence-electron chi connectivity index (χ1n) is 10.9. The second-order valence-electron chi connectivity index (χ2n) is 7.71. The molecule has 0 saturated heterocycles. The number of anilines is 1. The van der Waals surface area contributed by atoms with Gasteiger partial charge in [0.25, 0.3) is 5.91 Å². The molecule has 33 heavy (non-hydrogen) atoms. The summed E-state index contributed by atoms with van der Waals surface area (Å²) in [4.78, 5) is 33.4. The maximum atomic E-state index is 13.2. The number of aryl methyl sites for hydroxylation is 1. The van der Waals surface area contributed by atoms with Gasteiger partial charge in [0.2, 0.25) is 0 Å². The van der Waals surface area contributed by atoms with Crippen molar-refractivity contribution in [2.24, 2.45) is 0 Å². The van der Waals surface area contributed by atoms with E-state index in [-0.39, 0.29) is 5.91 Å². The van der Waals surface area contributed by atoms with Gasteiger partial charge < -0.3 is 9.73 Å². The van der Waals surface area contributed by atoms with Crippen molar-refractivity contribution in [3.63, 3.8) is 0 Å². The number of benzene rings is 3. The number of amides is 1. The monoisotopic (exact) mass is 443 g/mol. The molecule has 1 N–H and O–H groups in total. The molecule has 1 heterocycles. The van der Waals surface area contributed by atoms with Gasteiger partial charge in [-0.25, -0.2) is 4.79 Å². The van der Waals surface area contributed by atoms with E-state index in [4.69, 9.17) is 9.30 Å². The Balaban J connectivity index is 1.49. The number of fused-ring (bicyclic) bond motifs is 1. The number of hydrogen-bond acceptors (Lipinski definition) is 5. The van der Waals surface area contributed by atoms with Gasteiger partial charge in [0.15, 0.2) is 5.75 Å². The Kier molecular flexibility index (Phi) is 6.74. The molecule has 6 nitrogen and oxygen atoms in total. The summed E-state index contributed by atoms with van der Waals surface area (Å²) >= 11 is 0. The van der Waals surface area contributed by atoms with Gasteiger partial charge in [-0.3, -0.25) is 14.6 Å². The first-order chi connectivity index (χ1) is 16.0. The van der Waals surface area contributed by atoms with Gasteiger partial charge in [0.1, 0.15) is 11.3 Å². The van der Waals surface area contributed by atoms with E-state index < -0.39 is 5.97 Å². The number of nitrogens with one attached hydrogen (secondary N) is 1. The number of furan rings is 1. The predicted molar refractivity (Wildman–Crippen MR) is 127 cm³/mol.